The smallest absolute Gasteiger partial charge is 0.235 e. The predicted molar refractivity (Wildman–Crippen MR) is 99.4 cm³/mol. The van der Waals surface area contributed by atoms with Gasteiger partial charge in [0.15, 0.2) is 0 Å². The van der Waals surface area contributed by atoms with Gasteiger partial charge in [-0.1, -0.05) is 48.5 Å². The van der Waals surface area contributed by atoms with Crippen molar-refractivity contribution in [3.63, 3.8) is 0 Å². The highest BCUT2D eigenvalue weighted by molar-refractivity contribution is 7.88. The third kappa shape index (κ3) is 6.57. The van der Waals surface area contributed by atoms with Gasteiger partial charge in [-0.15, -0.1) is 0 Å². The van der Waals surface area contributed by atoms with Crippen molar-refractivity contribution < 1.29 is 17.6 Å². The Bertz CT molecular complexity index is 826. The number of amides is 1. The number of sulfonamides is 1. The largest absolute Gasteiger partial charge is 0.355 e. The maximum atomic E-state index is 13.8. The van der Waals surface area contributed by atoms with Crippen LogP contribution in [-0.2, 0) is 27.8 Å². The normalized spacial score (nSPS) is 11.5. The van der Waals surface area contributed by atoms with Crippen molar-refractivity contribution in [2.24, 2.45) is 0 Å². The van der Waals surface area contributed by atoms with E-state index in [1.54, 1.807) is 6.07 Å². The minimum absolute atomic E-state index is 0.178. The van der Waals surface area contributed by atoms with Crippen LogP contribution in [0.15, 0.2) is 54.6 Å². The molecule has 0 aromatic heterocycles. The van der Waals surface area contributed by atoms with Crippen LogP contribution in [0.4, 0.5) is 4.39 Å². The van der Waals surface area contributed by atoms with Gasteiger partial charge in [-0.05, 0) is 24.5 Å². The lowest BCUT2D eigenvalue weighted by Crippen LogP contribution is -2.40. The summed E-state index contributed by atoms with van der Waals surface area (Å²) in [5.41, 5.74) is 1.41. The summed E-state index contributed by atoms with van der Waals surface area (Å²) in [4.78, 5) is 12.1. The van der Waals surface area contributed by atoms with Gasteiger partial charge < -0.3 is 5.32 Å². The second kappa shape index (κ2) is 9.45. The predicted octanol–water partition coefficient (Wildman–Crippen LogP) is 2.34. The molecule has 7 heteroatoms. The summed E-state index contributed by atoms with van der Waals surface area (Å²) in [7, 11) is -3.64. The molecule has 0 saturated carbocycles. The molecule has 0 fully saturated rings. The van der Waals surface area contributed by atoms with Crippen LogP contribution in [0.3, 0.4) is 0 Å². The van der Waals surface area contributed by atoms with Crippen molar-refractivity contribution >= 4 is 15.9 Å². The molecule has 1 amide bonds. The Labute approximate surface area is 153 Å². The molecule has 0 aliphatic carbocycles. The van der Waals surface area contributed by atoms with E-state index in [1.165, 1.54) is 23.8 Å². The lowest BCUT2D eigenvalue weighted by molar-refractivity contribution is -0.121. The van der Waals surface area contributed by atoms with Gasteiger partial charge in [-0.3, -0.25) is 4.79 Å². The highest BCUT2D eigenvalue weighted by atomic mass is 32.2. The van der Waals surface area contributed by atoms with Crippen LogP contribution < -0.4 is 5.32 Å². The fourth-order valence-electron chi connectivity index (χ4n) is 2.49. The van der Waals surface area contributed by atoms with Crippen LogP contribution in [0.1, 0.15) is 17.5 Å². The van der Waals surface area contributed by atoms with E-state index in [1.807, 2.05) is 30.3 Å². The van der Waals surface area contributed by atoms with Crippen molar-refractivity contribution in [3.8, 4) is 0 Å². The molecular formula is C19H23FN2O3S. The van der Waals surface area contributed by atoms with E-state index in [-0.39, 0.29) is 18.7 Å². The van der Waals surface area contributed by atoms with E-state index in [9.17, 15) is 17.6 Å². The molecule has 0 spiro atoms. The Morgan fingerprint density at radius 3 is 2.38 bits per heavy atom. The minimum Gasteiger partial charge on any atom is -0.355 e. The van der Waals surface area contributed by atoms with Crippen LogP contribution in [0, 0.1) is 5.82 Å². The Balaban J connectivity index is 1.85. The maximum Gasteiger partial charge on any atom is 0.235 e. The van der Waals surface area contributed by atoms with Gasteiger partial charge >= 0.3 is 0 Å². The molecule has 0 atom stereocenters. The van der Waals surface area contributed by atoms with Crippen LogP contribution >= 0.6 is 0 Å². The molecule has 2 aromatic rings. The molecule has 0 aliphatic rings. The maximum absolute atomic E-state index is 13.8. The van der Waals surface area contributed by atoms with Crippen molar-refractivity contribution in [2.75, 3.05) is 19.3 Å². The van der Waals surface area contributed by atoms with Crippen molar-refractivity contribution in [3.05, 3.63) is 71.5 Å². The first-order valence-corrected chi connectivity index (χ1v) is 10.2. The molecule has 0 bridgehead atoms. The number of nitrogens with one attached hydrogen (secondary N) is 1. The highest BCUT2D eigenvalue weighted by Crippen LogP contribution is 2.12. The third-order valence-corrected chi connectivity index (χ3v) is 5.10. The average Bonchev–Trinajstić information content (AvgIpc) is 2.60. The number of nitrogens with zero attached hydrogens (tertiary/aromatic N) is 1. The number of halogens is 1. The number of benzene rings is 2. The lowest BCUT2D eigenvalue weighted by Gasteiger charge is -2.20. The first kappa shape index (κ1) is 20.1. The zero-order valence-electron chi connectivity index (χ0n) is 14.7. The topological polar surface area (TPSA) is 66.5 Å². The van der Waals surface area contributed by atoms with Gasteiger partial charge in [-0.2, -0.15) is 4.31 Å². The zero-order chi connectivity index (χ0) is 19.0. The summed E-state index contributed by atoms with van der Waals surface area (Å²) in [5.74, 6) is -0.899. The van der Waals surface area contributed by atoms with E-state index < -0.39 is 21.7 Å². The molecule has 0 saturated heterocycles. The summed E-state index contributed by atoms with van der Waals surface area (Å²) in [6.45, 7) is -0.0630. The van der Waals surface area contributed by atoms with Gasteiger partial charge in [0.1, 0.15) is 5.82 Å². The molecule has 2 aromatic carbocycles. The molecule has 140 valence electrons. The van der Waals surface area contributed by atoms with Crippen LogP contribution in [0.5, 0.6) is 0 Å². The van der Waals surface area contributed by atoms with Gasteiger partial charge in [0.2, 0.25) is 15.9 Å². The summed E-state index contributed by atoms with van der Waals surface area (Å²) in [6.07, 6.45) is 2.59. The molecule has 2 rings (SSSR count). The molecule has 0 aliphatic heterocycles. The average molecular weight is 378 g/mol. The fourth-order valence-corrected chi connectivity index (χ4v) is 3.21. The Hall–Kier alpha value is -2.25. The number of carbonyl (C=O) groups is 1. The molecular weight excluding hydrogens is 355 g/mol. The molecule has 0 unspecified atom stereocenters. The van der Waals surface area contributed by atoms with Gasteiger partial charge in [0.05, 0.1) is 12.8 Å². The lowest BCUT2D eigenvalue weighted by atomic mass is 10.1. The number of rotatable bonds is 9. The molecule has 1 N–H and O–H groups in total. The summed E-state index contributed by atoms with van der Waals surface area (Å²) < 4.78 is 38.6. The standard InChI is InChI=1S/C19H23FN2O3S/c1-26(24,25)22(14-17-11-5-6-12-18(17)20)15-19(23)21-13-7-10-16-8-3-2-4-9-16/h2-6,8-9,11-12H,7,10,13-15H2,1H3,(H,21,23). The van der Waals surface area contributed by atoms with Crippen molar-refractivity contribution in [1.82, 2.24) is 9.62 Å². The first-order valence-electron chi connectivity index (χ1n) is 8.35. The van der Waals surface area contributed by atoms with Gasteiger partial charge in [0.25, 0.3) is 0 Å². The summed E-state index contributed by atoms with van der Waals surface area (Å²) in [6, 6.07) is 15.8. The Morgan fingerprint density at radius 2 is 1.73 bits per heavy atom. The molecule has 5 nitrogen and oxygen atoms in total. The molecule has 0 heterocycles. The SMILES string of the molecule is CS(=O)(=O)N(CC(=O)NCCCc1ccccc1)Cc1ccccc1F. The second-order valence-electron chi connectivity index (χ2n) is 6.06. The van der Waals surface area contributed by atoms with E-state index in [0.717, 1.165) is 23.4 Å². The summed E-state index contributed by atoms with van der Waals surface area (Å²) in [5, 5.41) is 2.72. The van der Waals surface area contributed by atoms with E-state index >= 15 is 0 Å². The quantitative estimate of drug-likeness (QED) is 0.681. The molecule has 26 heavy (non-hydrogen) atoms. The first-order chi connectivity index (χ1) is 12.4. The number of hydrogen-bond donors (Lipinski definition) is 1. The Kier molecular flexibility index (Phi) is 7.29. The summed E-state index contributed by atoms with van der Waals surface area (Å²) >= 11 is 0. The fraction of sp³-hybridized carbons (Fsp3) is 0.316. The van der Waals surface area contributed by atoms with Gasteiger partial charge in [-0.25, -0.2) is 12.8 Å². The number of aryl methyl sites for hydroxylation is 1. The second-order valence-corrected chi connectivity index (χ2v) is 8.04. The van der Waals surface area contributed by atoms with Crippen molar-refractivity contribution in [1.29, 1.82) is 0 Å². The Morgan fingerprint density at radius 1 is 1.08 bits per heavy atom. The van der Waals surface area contributed by atoms with E-state index in [2.05, 4.69) is 5.32 Å². The van der Waals surface area contributed by atoms with E-state index in [4.69, 9.17) is 0 Å². The monoisotopic (exact) mass is 378 g/mol. The van der Waals surface area contributed by atoms with Gasteiger partial charge in [0, 0.05) is 18.7 Å². The number of carbonyl (C=O) groups excluding carboxylic acids is 1. The zero-order valence-corrected chi connectivity index (χ0v) is 15.5. The van der Waals surface area contributed by atoms with E-state index in [0.29, 0.717) is 6.54 Å². The van der Waals surface area contributed by atoms with Crippen LogP contribution in [-0.4, -0.2) is 38.0 Å². The third-order valence-electron chi connectivity index (χ3n) is 3.90. The van der Waals surface area contributed by atoms with Crippen LogP contribution in [0.2, 0.25) is 0 Å². The molecule has 0 radical (unpaired) electrons. The minimum atomic E-state index is -3.64. The van der Waals surface area contributed by atoms with Crippen molar-refractivity contribution in [2.45, 2.75) is 19.4 Å². The van der Waals surface area contributed by atoms with Crippen LogP contribution in [0.25, 0.3) is 0 Å². The number of hydrogen-bond acceptors (Lipinski definition) is 3. The highest BCUT2D eigenvalue weighted by Gasteiger charge is 2.21.